The Morgan fingerprint density at radius 2 is 1.71 bits per heavy atom. The van der Waals surface area contributed by atoms with Gasteiger partial charge in [-0.2, -0.15) is 0 Å². The van der Waals surface area contributed by atoms with Crippen molar-refractivity contribution >= 4 is 21.6 Å². The van der Waals surface area contributed by atoms with E-state index in [0.717, 1.165) is 26.4 Å². The van der Waals surface area contributed by atoms with Crippen LogP contribution in [0.3, 0.4) is 0 Å². The molecule has 0 saturated carbocycles. The van der Waals surface area contributed by atoms with E-state index in [2.05, 4.69) is 9.97 Å². The second-order valence-electron chi connectivity index (χ2n) is 5.56. The number of fused-ring (bicyclic) bond motifs is 1. The zero-order valence-electron chi connectivity index (χ0n) is 12.9. The standard InChI is InChI=1S/C19H14N2O2S/c1-11-15-18(23)20-17(13-7-9-14(22)10-8-13)21-19(15)24-16(11)12-5-3-2-4-6-12/h2-10,22H,1H3,(H,20,21,23). The number of nitrogens with zero attached hydrogens (tertiary/aromatic N) is 1. The molecule has 5 heteroatoms. The van der Waals surface area contributed by atoms with Crippen molar-refractivity contribution in [1.82, 2.24) is 9.97 Å². The van der Waals surface area contributed by atoms with E-state index in [4.69, 9.17) is 0 Å². The van der Waals surface area contributed by atoms with Crippen LogP contribution in [0.1, 0.15) is 5.56 Å². The van der Waals surface area contributed by atoms with Gasteiger partial charge in [-0.1, -0.05) is 30.3 Å². The first kappa shape index (κ1) is 14.7. The third-order valence-electron chi connectivity index (χ3n) is 3.98. The second kappa shape index (κ2) is 5.62. The highest BCUT2D eigenvalue weighted by atomic mass is 32.1. The van der Waals surface area contributed by atoms with E-state index in [1.54, 1.807) is 24.3 Å². The molecule has 24 heavy (non-hydrogen) atoms. The lowest BCUT2D eigenvalue weighted by Crippen LogP contribution is -2.09. The summed E-state index contributed by atoms with van der Waals surface area (Å²) in [6, 6.07) is 16.6. The predicted octanol–water partition coefficient (Wildman–Crippen LogP) is 4.33. The molecule has 4 aromatic rings. The first-order chi connectivity index (χ1) is 11.6. The van der Waals surface area contributed by atoms with Gasteiger partial charge in [0.15, 0.2) is 0 Å². The van der Waals surface area contributed by atoms with Crippen LogP contribution in [0.4, 0.5) is 0 Å². The molecule has 0 bridgehead atoms. The molecule has 0 amide bonds. The Morgan fingerprint density at radius 3 is 2.42 bits per heavy atom. The maximum absolute atomic E-state index is 12.6. The Morgan fingerprint density at radius 1 is 1.00 bits per heavy atom. The first-order valence-electron chi connectivity index (χ1n) is 7.52. The molecular weight excluding hydrogens is 320 g/mol. The Kier molecular flexibility index (Phi) is 3.43. The van der Waals surface area contributed by atoms with Crippen LogP contribution >= 0.6 is 11.3 Å². The number of hydrogen-bond donors (Lipinski definition) is 2. The topological polar surface area (TPSA) is 66.0 Å². The highest BCUT2D eigenvalue weighted by molar-refractivity contribution is 7.22. The van der Waals surface area contributed by atoms with Crippen molar-refractivity contribution < 1.29 is 5.11 Å². The van der Waals surface area contributed by atoms with Crippen LogP contribution in [0.25, 0.3) is 32.0 Å². The van der Waals surface area contributed by atoms with Gasteiger partial charge in [0, 0.05) is 10.4 Å². The second-order valence-corrected chi connectivity index (χ2v) is 6.56. The van der Waals surface area contributed by atoms with Crippen molar-refractivity contribution in [2.24, 2.45) is 0 Å². The summed E-state index contributed by atoms with van der Waals surface area (Å²) in [6.07, 6.45) is 0. The van der Waals surface area contributed by atoms with Crippen molar-refractivity contribution in [3.63, 3.8) is 0 Å². The fraction of sp³-hybridized carbons (Fsp3) is 0.0526. The Labute approximate surface area is 142 Å². The lowest BCUT2D eigenvalue weighted by molar-refractivity contribution is 0.475. The molecule has 2 heterocycles. The molecular formula is C19H14N2O2S. The summed E-state index contributed by atoms with van der Waals surface area (Å²) in [5, 5.41) is 10.0. The number of H-pyrrole nitrogens is 1. The van der Waals surface area contributed by atoms with E-state index in [1.807, 2.05) is 37.3 Å². The summed E-state index contributed by atoms with van der Waals surface area (Å²) < 4.78 is 0. The third kappa shape index (κ3) is 2.39. The molecule has 4 nitrogen and oxygen atoms in total. The van der Waals surface area contributed by atoms with Crippen LogP contribution in [-0.2, 0) is 0 Å². The Bertz CT molecular complexity index is 1080. The zero-order valence-corrected chi connectivity index (χ0v) is 13.7. The van der Waals surface area contributed by atoms with E-state index in [0.29, 0.717) is 11.2 Å². The molecule has 0 unspecified atom stereocenters. The molecule has 0 aliphatic carbocycles. The van der Waals surface area contributed by atoms with Gasteiger partial charge in [-0.3, -0.25) is 4.79 Å². The molecule has 4 rings (SSSR count). The van der Waals surface area contributed by atoms with Gasteiger partial charge in [-0.05, 0) is 42.3 Å². The van der Waals surface area contributed by atoms with Gasteiger partial charge in [0.2, 0.25) is 0 Å². The largest absolute Gasteiger partial charge is 0.508 e. The number of phenols is 1. The fourth-order valence-corrected chi connectivity index (χ4v) is 3.95. The third-order valence-corrected chi connectivity index (χ3v) is 5.21. The quantitative estimate of drug-likeness (QED) is 0.573. The number of aryl methyl sites for hydroxylation is 1. The van der Waals surface area contributed by atoms with Gasteiger partial charge in [-0.25, -0.2) is 4.98 Å². The van der Waals surface area contributed by atoms with Gasteiger partial charge in [0.1, 0.15) is 16.4 Å². The first-order valence-corrected chi connectivity index (χ1v) is 8.33. The average molecular weight is 334 g/mol. The minimum atomic E-state index is -0.140. The summed E-state index contributed by atoms with van der Waals surface area (Å²) >= 11 is 1.52. The van der Waals surface area contributed by atoms with Gasteiger partial charge >= 0.3 is 0 Å². The maximum atomic E-state index is 12.6. The van der Waals surface area contributed by atoms with Crippen LogP contribution in [-0.4, -0.2) is 15.1 Å². The Hall–Kier alpha value is -2.92. The number of rotatable bonds is 2. The molecule has 0 spiro atoms. The monoisotopic (exact) mass is 334 g/mol. The average Bonchev–Trinajstić information content (AvgIpc) is 2.93. The van der Waals surface area contributed by atoms with Crippen LogP contribution in [0.2, 0.25) is 0 Å². The van der Waals surface area contributed by atoms with Crippen molar-refractivity contribution in [3.8, 4) is 27.6 Å². The smallest absolute Gasteiger partial charge is 0.260 e. The van der Waals surface area contributed by atoms with E-state index >= 15 is 0 Å². The van der Waals surface area contributed by atoms with Crippen molar-refractivity contribution in [2.45, 2.75) is 6.92 Å². The minimum Gasteiger partial charge on any atom is -0.508 e. The molecule has 0 aliphatic rings. The molecule has 2 N–H and O–H groups in total. The van der Waals surface area contributed by atoms with Crippen molar-refractivity contribution in [3.05, 3.63) is 70.5 Å². The van der Waals surface area contributed by atoms with E-state index < -0.39 is 0 Å². The summed E-state index contributed by atoms with van der Waals surface area (Å²) in [7, 11) is 0. The van der Waals surface area contributed by atoms with Crippen LogP contribution in [0.5, 0.6) is 5.75 Å². The van der Waals surface area contributed by atoms with Crippen molar-refractivity contribution in [2.75, 3.05) is 0 Å². The number of nitrogens with one attached hydrogen (secondary N) is 1. The molecule has 0 fully saturated rings. The van der Waals surface area contributed by atoms with Gasteiger partial charge in [0.05, 0.1) is 5.39 Å². The van der Waals surface area contributed by atoms with Gasteiger partial charge in [0.25, 0.3) is 5.56 Å². The lowest BCUT2D eigenvalue weighted by atomic mass is 10.1. The van der Waals surface area contributed by atoms with Crippen LogP contribution in [0, 0.1) is 6.92 Å². The number of benzene rings is 2. The number of aromatic nitrogens is 2. The van der Waals surface area contributed by atoms with Gasteiger partial charge < -0.3 is 10.1 Å². The lowest BCUT2D eigenvalue weighted by Gasteiger charge is -2.01. The SMILES string of the molecule is Cc1c(-c2ccccc2)sc2nc(-c3ccc(O)cc3)[nH]c(=O)c12. The van der Waals surface area contributed by atoms with Gasteiger partial charge in [-0.15, -0.1) is 11.3 Å². The van der Waals surface area contributed by atoms with E-state index in [-0.39, 0.29) is 11.3 Å². The molecule has 2 aromatic heterocycles. The molecule has 0 radical (unpaired) electrons. The van der Waals surface area contributed by atoms with Crippen molar-refractivity contribution in [1.29, 1.82) is 0 Å². The minimum absolute atomic E-state index is 0.140. The summed E-state index contributed by atoms with van der Waals surface area (Å²) in [6.45, 7) is 1.96. The highest BCUT2D eigenvalue weighted by Crippen LogP contribution is 2.36. The van der Waals surface area contributed by atoms with E-state index in [1.165, 1.54) is 11.3 Å². The molecule has 2 aromatic carbocycles. The molecule has 0 aliphatic heterocycles. The van der Waals surface area contributed by atoms with E-state index in [9.17, 15) is 9.90 Å². The summed E-state index contributed by atoms with van der Waals surface area (Å²) in [4.78, 5) is 21.8. The Balaban J connectivity index is 1.93. The normalized spacial score (nSPS) is 11.0. The number of phenolic OH excluding ortho intramolecular Hbond substituents is 1. The molecule has 118 valence electrons. The number of thiophene rings is 1. The van der Waals surface area contributed by atoms with Crippen LogP contribution in [0.15, 0.2) is 59.4 Å². The zero-order chi connectivity index (χ0) is 16.7. The molecule has 0 atom stereocenters. The highest BCUT2D eigenvalue weighted by Gasteiger charge is 2.15. The summed E-state index contributed by atoms with van der Waals surface area (Å²) in [5.74, 6) is 0.689. The predicted molar refractivity (Wildman–Crippen MR) is 97.5 cm³/mol. The van der Waals surface area contributed by atoms with Crippen LogP contribution < -0.4 is 5.56 Å². The number of aromatic hydroxyl groups is 1. The summed E-state index contributed by atoms with van der Waals surface area (Å²) in [5.41, 5.74) is 2.66. The number of aromatic amines is 1. The molecule has 0 saturated heterocycles. The number of hydrogen-bond acceptors (Lipinski definition) is 4. The fourth-order valence-electron chi connectivity index (χ4n) is 2.76. The maximum Gasteiger partial charge on any atom is 0.260 e.